The molecule has 0 spiro atoms. The number of amides is 2. The van der Waals surface area contributed by atoms with Crippen LogP contribution in [0.3, 0.4) is 0 Å². The van der Waals surface area contributed by atoms with Gasteiger partial charge in [-0.1, -0.05) is 45.9 Å². The summed E-state index contributed by atoms with van der Waals surface area (Å²) in [5.74, 6) is -4.49. The molecular formula is C35H58N2O11. The molecule has 0 unspecified atom stereocenters. The number of anilines is 1. The van der Waals surface area contributed by atoms with E-state index in [0.29, 0.717) is 5.69 Å². The number of rotatable bonds is 5. The fourth-order valence-corrected chi connectivity index (χ4v) is 7.34. The van der Waals surface area contributed by atoms with Crippen LogP contribution >= 0.6 is 0 Å². The normalized spacial score (nSPS) is 43.5. The third-order valence-corrected chi connectivity index (χ3v) is 10.5. The molecule has 0 radical (unpaired) electrons. The van der Waals surface area contributed by atoms with Crippen LogP contribution in [-0.4, -0.2) is 121 Å². The number of hydrogen-bond acceptors (Lipinski definition) is 11. The number of aliphatic hydroxyl groups excluding tert-OH is 4. The summed E-state index contributed by atoms with van der Waals surface area (Å²) >= 11 is 0. The minimum absolute atomic E-state index is 0.0910. The summed E-state index contributed by atoms with van der Waals surface area (Å²) in [7, 11) is 1.55. The Labute approximate surface area is 284 Å². The van der Waals surface area contributed by atoms with Gasteiger partial charge in [0.05, 0.1) is 48.1 Å². The topological polar surface area (TPSA) is 198 Å². The molecule has 0 bridgehead atoms. The molecule has 48 heavy (non-hydrogen) atoms. The van der Waals surface area contributed by atoms with E-state index in [0.717, 1.165) is 0 Å². The van der Waals surface area contributed by atoms with E-state index in [4.69, 9.17) is 14.2 Å². The number of nitrogens with zero attached hydrogens (tertiary/aromatic N) is 1. The Morgan fingerprint density at radius 1 is 0.979 bits per heavy atom. The molecule has 0 saturated carbocycles. The van der Waals surface area contributed by atoms with Crippen LogP contribution in [0.1, 0.15) is 74.7 Å². The number of ether oxygens (including phenoxy) is 3. The molecule has 13 heteroatoms. The van der Waals surface area contributed by atoms with Crippen molar-refractivity contribution < 1.29 is 54.4 Å². The second-order valence-electron chi connectivity index (χ2n) is 14.6. The summed E-state index contributed by atoms with van der Waals surface area (Å²) in [6, 6.07) is 7.67. The number of aliphatic hydroxyl groups is 6. The third-order valence-electron chi connectivity index (χ3n) is 10.5. The van der Waals surface area contributed by atoms with Crippen LogP contribution in [0.25, 0.3) is 0 Å². The first-order valence-corrected chi connectivity index (χ1v) is 17.0. The number of urea groups is 1. The zero-order valence-corrected chi connectivity index (χ0v) is 29.7. The maximum Gasteiger partial charge on any atom is 0.321 e. The summed E-state index contributed by atoms with van der Waals surface area (Å²) in [5, 5.41) is 71.7. The highest BCUT2D eigenvalue weighted by molar-refractivity contribution is 5.89. The molecule has 1 aromatic rings. The molecular weight excluding hydrogens is 624 g/mol. The van der Waals surface area contributed by atoms with E-state index in [1.54, 1.807) is 65.9 Å². The number of cyclic esters (lactones) is 1. The zero-order valence-electron chi connectivity index (χ0n) is 29.7. The van der Waals surface area contributed by atoms with Crippen molar-refractivity contribution in [1.82, 2.24) is 4.90 Å². The first-order valence-electron chi connectivity index (χ1n) is 17.0. The highest BCUT2D eigenvalue weighted by Gasteiger charge is 2.51. The predicted molar refractivity (Wildman–Crippen MR) is 178 cm³/mol. The number of likely N-dealkylation sites (N-methyl/N-ethyl adjacent to an activating group) is 1. The molecule has 274 valence electrons. The standard InChI is InChI=1S/C35H58N2O11/c1-10-25-35(8,45)29(41)20(4)26(38)18(2)17-34(7,44)30(21(5)27(39)22(6)31(42)47-25)48-32-28(40)24(16-19(3)46-32)37(9)33(43)36-23-14-12-11-13-15-23/h11-15,18-22,24-30,32,38-41,44-45H,10,16-17H2,1-9H3,(H,36,43)/t18-,19-,20+,21+,22-,24+,25-,26+,27+,28-,29-,30-,32+,34-,35-/m1/s1. The summed E-state index contributed by atoms with van der Waals surface area (Å²) in [5.41, 5.74) is -3.13. The number of nitrogens with one attached hydrogen (secondary N) is 1. The fraction of sp³-hybridized carbons (Fsp3) is 0.771. The number of carbonyl (C=O) groups excluding carboxylic acids is 2. The van der Waals surface area contributed by atoms with Crippen molar-refractivity contribution in [1.29, 1.82) is 0 Å². The van der Waals surface area contributed by atoms with Crippen LogP contribution in [0.2, 0.25) is 0 Å². The summed E-state index contributed by atoms with van der Waals surface area (Å²) in [6.45, 7) is 12.6. The first kappa shape index (κ1) is 40.1. The molecule has 2 saturated heterocycles. The van der Waals surface area contributed by atoms with Gasteiger partial charge >= 0.3 is 12.0 Å². The van der Waals surface area contributed by atoms with Crippen molar-refractivity contribution in [3.63, 3.8) is 0 Å². The van der Waals surface area contributed by atoms with Crippen LogP contribution in [0.15, 0.2) is 30.3 Å². The lowest BCUT2D eigenvalue weighted by Gasteiger charge is -2.47. The van der Waals surface area contributed by atoms with E-state index in [1.165, 1.54) is 25.7 Å². The minimum Gasteiger partial charge on any atom is -0.459 e. The van der Waals surface area contributed by atoms with E-state index in [2.05, 4.69) is 5.32 Å². The predicted octanol–water partition coefficient (Wildman–Crippen LogP) is 2.25. The first-order chi connectivity index (χ1) is 22.2. The maximum absolute atomic E-state index is 13.3. The number of benzene rings is 1. The van der Waals surface area contributed by atoms with Gasteiger partial charge in [-0.15, -0.1) is 0 Å². The Balaban J connectivity index is 1.96. The highest BCUT2D eigenvalue weighted by Crippen LogP contribution is 2.38. The fourth-order valence-electron chi connectivity index (χ4n) is 7.34. The molecule has 7 N–H and O–H groups in total. The van der Waals surface area contributed by atoms with Crippen LogP contribution in [0.4, 0.5) is 10.5 Å². The van der Waals surface area contributed by atoms with Crippen molar-refractivity contribution in [2.24, 2.45) is 23.7 Å². The van der Waals surface area contributed by atoms with Gasteiger partial charge in [0.1, 0.15) is 17.8 Å². The molecule has 13 nitrogen and oxygen atoms in total. The Morgan fingerprint density at radius 2 is 1.58 bits per heavy atom. The quantitative estimate of drug-likeness (QED) is 0.225. The second-order valence-corrected chi connectivity index (χ2v) is 14.6. The summed E-state index contributed by atoms with van der Waals surface area (Å²) in [4.78, 5) is 27.8. The minimum atomic E-state index is -1.92. The Kier molecular flexibility index (Phi) is 13.5. The van der Waals surface area contributed by atoms with Gasteiger partial charge in [-0.2, -0.15) is 0 Å². The molecule has 2 amide bonds. The molecule has 0 aliphatic carbocycles. The zero-order chi connectivity index (χ0) is 36.3. The van der Waals surface area contributed by atoms with E-state index < -0.39 is 102 Å². The van der Waals surface area contributed by atoms with Gasteiger partial charge in [0.15, 0.2) is 6.29 Å². The van der Waals surface area contributed by atoms with Crippen LogP contribution in [-0.2, 0) is 19.0 Å². The van der Waals surface area contributed by atoms with Gasteiger partial charge in [-0.3, -0.25) is 4.79 Å². The average molecular weight is 683 g/mol. The molecule has 2 aliphatic rings. The van der Waals surface area contributed by atoms with Gasteiger partial charge in [-0.05, 0) is 65.0 Å². The van der Waals surface area contributed by atoms with E-state index in [9.17, 15) is 40.2 Å². The van der Waals surface area contributed by atoms with Crippen LogP contribution < -0.4 is 5.32 Å². The lowest BCUT2D eigenvalue weighted by molar-refractivity contribution is -0.299. The third kappa shape index (κ3) is 8.86. The van der Waals surface area contributed by atoms with Crippen molar-refractivity contribution >= 4 is 17.7 Å². The maximum atomic E-state index is 13.3. The monoisotopic (exact) mass is 682 g/mol. The summed E-state index contributed by atoms with van der Waals surface area (Å²) in [6.07, 6.45) is -9.41. The molecule has 0 aromatic heterocycles. The van der Waals surface area contributed by atoms with E-state index in [1.807, 2.05) is 6.07 Å². The van der Waals surface area contributed by atoms with Crippen LogP contribution in [0, 0.1) is 23.7 Å². The SMILES string of the molecule is CC[C@H]1OC(=O)[C@H](C)[C@@H](O)[C@H](C)[C@@H](O[C@@H]2O[C@H](C)C[C@H](N(C)C(=O)Nc3ccccc3)[C@H]2O)[C@](C)(O)C[C@@H](C)[C@H](O)[C@H](C)[C@@H](O)[C@]1(C)O. The molecule has 2 fully saturated rings. The van der Waals surface area contributed by atoms with Gasteiger partial charge in [0.25, 0.3) is 0 Å². The van der Waals surface area contributed by atoms with Crippen molar-refractivity contribution in [3.8, 4) is 0 Å². The largest absolute Gasteiger partial charge is 0.459 e. The van der Waals surface area contributed by atoms with Gasteiger partial charge < -0.3 is 55.1 Å². The van der Waals surface area contributed by atoms with E-state index >= 15 is 0 Å². The number of hydrogen-bond donors (Lipinski definition) is 7. The molecule has 2 aliphatic heterocycles. The van der Waals surface area contributed by atoms with Crippen molar-refractivity contribution in [2.75, 3.05) is 12.4 Å². The van der Waals surface area contributed by atoms with Crippen molar-refractivity contribution in [3.05, 3.63) is 30.3 Å². The summed E-state index contributed by atoms with van der Waals surface area (Å²) < 4.78 is 18.0. The number of carbonyl (C=O) groups is 2. The Bertz CT molecular complexity index is 1200. The smallest absolute Gasteiger partial charge is 0.321 e. The lowest BCUT2D eigenvalue weighted by Crippen LogP contribution is -2.61. The van der Waals surface area contributed by atoms with Crippen LogP contribution in [0.5, 0.6) is 0 Å². The van der Waals surface area contributed by atoms with Gasteiger partial charge in [0, 0.05) is 24.6 Å². The molecule has 2 heterocycles. The van der Waals surface area contributed by atoms with Gasteiger partial charge in [-0.25, -0.2) is 4.79 Å². The second kappa shape index (κ2) is 16.1. The lowest BCUT2D eigenvalue weighted by atomic mass is 9.73. The molecule has 15 atom stereocenters. The number of esters is 1. The average Bonchev–Trinajstić information content (AvgIpc) is 3.04. The Hall–Kier alpha value is -2.36. The highest BCUT2D eigenvalue weighted by atomic mass is 16.7. The number of para-hydroxylation sites is 1. The molecule has 3 rings (SSSR count). The Morgan fingerprint density at radius 3 is 2.17 bits per heavy atom. The van der Waals surface area contributed by atoms with E-state index in [-0.39, 0.29) is 19.3 Å². The van der Waals surface area contributed by atoms with Crippen molar-refractivity contribution in [2.45, 2.75) is 141 Å². The molecule has 1 aromatic carbocycles. The van der Waals surface area contributed by atoms with Gasteiger partial charge in [0.2, 0.25) is 0 Å².